The van der Waals surface area contributed by atoms with Crippen molar-refractivity contribution in [2.75, 3.05) is 18.0 Å². The largest absolute Gasteiger partial charge is 0.453 e. The number of halogens is 4. The number of fused-ring (bicyclic) bond motifs is 1. The number of aromatic nitrogens is 4. The predicted molar refractivity (Wildman–Crippen MR) is 65.6 cm³/mol. The summed E-state index contributed by atoms with van der Waals surface area (Å²) in [6.07, 6.45) is -4.86. The maximum atomic E-state index is 14.1. The van der Waals surface area contributed by atoms with Crippen LogP contribution in [0.2, 0.25) is 0 Å². The molecule has 0 spiro atoms. The molecule has 3 heterocycles. The van der Waals surface area contributed by atoms with Gasteiger partial charge in [0.1, 0.15) is 5.82 Å². The molecule has 1 amide bonds. The van der Waals surface area contributed by atoms with Crippen LogP contribution in [0.15, 0.2) is 12.1 Å². The van der Waals surface area contributed by atoms with Crippen molar-refractivity contribution in [3.63, 3.8) is 0 Å². The Kier molecular flexibility index (Phi) is 2.97. The fourth-order valence-corrected chi connectivity index (χ4v) is 2.29. The summed E-state index contributed by atoms with van der Waals surface area (Å²) in [4.78, 5) is 12.4. The van der Waals surface area contributed by atoms with Crippen molar-refractivity contribution >= 4 is 17.4 Å². The van der Waals surface area contributed by atoms with Gasteiger partial charge in [-0.2, -0.15) is 17.7 Å². The Morgan fingerprint density at radius 3 is 2.64 bits per heavy atom. The van der Waals surface area contributed by atoms with Crippen LogP contribution in [0.4, 0.5) is 23.4 Å². The third kappa shape index (κ3) is 2.22. The van der Waals surface area contributed by atoms with Crippen molar-refractivity contribution in [1.29, 1.82) is 0 Å². The number of alkyl halides is 4. The lowest BCUT2D eigenvalue weighted by atomic mass is 10.1. The number of carbonyl (C=O) groups is 1. The predicted octanol–water partition coefficient (Wildman–Crippen LogP) is 0.547. The van der Waals surface area contributed by atoms with Gasteiger partial charge >= 0.3 is 6.18 Å². The summed E-state index contributed by atoms with van der Waals surface area (Å²) in [5.74, 6) is -2.29. The highest BCUT2D eigenvalue weighted by Crippen LogP contribution is 2.30. The summed E-state index contributed by atoms with van der Waals surface area (Å²) < 4.78 is 53.1. The molecule has 0 bridgehead atoms. The number of carbonyl (C=O) groups excluding carboxylic acids is 1. The summed E-state index contributed by atoms with van der Waals surface area (Å²) >= 11 is 0. The lowest BCUT2D eigenvalue weighted by Gasteiger charge is -2.19. The van der Waals surface area contributed by atoms with Crippen molar-refractivity contribution in [1.82, 2.24) is 19.8 Å². The maximum absolute atomic E-state index is 14.1. The molecule has 0 saturated carbocycles. The zero-order valence-corrected chi connectivity index (χ0v) is 11.0. The lowest BCUT2D eigenvalue weighted by Crippen LogP contribution is -2.42. The van der Waals surface area contributed by atoms with Crippen LogP contribution in [-0.2, 0) is 11.0 Å². The molecule has 1 aliphatic rings. The van der Waals surface area contributed by atoms with Crippen LogP contribution in [0.5, 0.6) is 0 Å². The first-order valence-corrected chi connectivity index (χ1v) is 6.24. The number of nitrogens with zero attached hydrogens (tertiary/aromatic N) is 5. The standard InChI is InChI=1S/C11H10F4N6O/c12-10(8(16)22)3-4-20(5-10)7-2-1-6-17-18-9(11(13,14)15)21(6)19-7/h1-2H,3-5H2,(H2,16,22). The highest BCUT2D eigenvalue weighted by Gasteiger charge is 2.44. The summed E-state index contributed by atoms with van der Waals surface area (Å²) in [7, 11) is 0. The zero-order chi connectivity index (χ0) is 16.1. The number of amides is 1. The number of hydrogen-bond acceptors (Lipinski definition) is 5. The zero-order valence-electron chi connectivity index (χ0n) is 11.0. The van der Waals surface area contributed by atoms with E-state index in [1.54, 1.807) is 0 Å². The van der Waals surface area contributed by atoms with Gasteiger partial charge in [-0.25, -0.2) is 4.39 Å². The van der Waals surface area contributed by atoms with Gasteiger partial charge in [0, 0.05) is 13.0 Å². The highest BCUT2D eigenvalue weighted by atomic mass is 19.4. The summed E-state index contributed by atoms with van der Waals surface area (Å²) in [5.41, 5.74) is 2.69. The van der Waals surface area contributed by atoms with Gasteiger partial charge in [0.15, 0.2) is 5.65 Å². The molecule has 7 nitrogen and oxygen atoms in total. The van der Waals surface area contributed by atoms with Crippen LogP contribution in [0.3, 0.4) is 0 Å². The van der Waals surface area contributed by atoms with E-state index >= 15 is 0 Å². The third-order valence-corrected chi connectivity index (χ3v) is 3.49. The Bertz CT molecular complexity index is 744. The molecule has 1 fully saturated rings. The van der Waals surface area contributed by atoms with Crippen LogP contribution < -0.4 is 10.6 Å². The quantitative estimate of drug-likeness (QED) is 0.817. The Balaban J connectivity index is 1.98. The highest BCUT2D eigenvalue weighted by molar-refractivity contribution is 5.85. The van der Waals surface area contributed by atoms with E-state index < -0.39 is 23.6 Å². The molecule has 1 aliphatic heterocycles. The van der Waals surface area contributed by atoms with Crippen molar-refractivity contribution < 1.29 is 22.4 Å². The normalized spacial score (nSPS) is 22.5. The fourth-order valence-electron chi connectivity index (χ4n) is 2.29. The topological polar surface area (TPSA) is 89.4 Å². The molecule has 2 aromatic rings. The van der Waals surface area contributed by atoms with Gasteiger partial charge in [-0.05, 0) is 12.1 Å². The van der Waals surface area contributed by atoms with Crippen LogP contribution in [0.1, 0.15) is 12.2 Å². The molecule has 1 saturated heterocycles. The smallest absolute Gasteiger partial charge is 0.367 e. The van der Waals surface area contributed by atoms with E-state index in [9.17, 15) is 22.4 Å². The lowest BCUT2D eigenvalue weighted by molar-refractivity contribution is -0.146. The Morgan fingerprint density at radius 2 is 2.05 bits per heavy atom. The van der Waals surface area contributed by atoms with E-state index in [-0.39, 0.29) is 31.0 Å². The van der Waals surface area contributed by atoms with E-state index in [1.807, 2.05) is 0 Å². The number of rotatable bonds is 2. The van der Waals surface area contributed by atoms with E-state index in [4.69, 9.17) is 5.73 Å². The van der Waals surface area contributed by atoms with Crippen LogP contribution in [-0.4, -0.2) is 44.5 Å². The first-order chi connectivity index (χ1) is 10.2. The molecular weight excluding hydrogens is 308 g/mol. The molecule has 1 unspecified atom stereocenters. The van der Waals surface area contributed by atoms with Crippen molar-refractivity contribution in [3.8, 4) is 0 Å². The van der Waals surface area contributed by atoms with Crippen LogP contribution >= 0.6 is 0 Å². The molecule has 3 rings (SSSR count). The molecule has 0 aliphatic carbocycles. The van der Waals surface area contributed by atoms with Crippen molar-refractivity contribution in [2.45, 2.75) is 18.3 Å². The first kappa shape index (κ1) is 14.5. The number of nitrogens with two attached hydrogens (primary N) is 1. The molecule has 1 atom stereocenters. The van der Waals surface area contributed by atoms with Gasteiger partial charge in [0.2, 0.25) is 5.67 Å². The van der Waals surface area contributed by atoms with Gasteiger partial charge in [-0.1, -0.05) is 0 Å². The second kappa shape index (κ2) is 4.52. The van der Waals surface area contributed by atoms with E-state index in [1.165, 1.54) is 17.0 Å². The number of anilines is 1. The maximum Gasteiger partial charge on any atom is 0.453 e. The van der Waals surface area contributed by atoms with Gasteiger partial charge in [0.05, 0.1) is 6.54 Å². The number of hydrogen-bond donors (Lipinski definition) is 1. The van der Waals surface area contributed by atoms with Gasteiger partial charge in [-0.3, -0.25) is 4.79 Å². The molecule has 2 aromatic heterocycles. The second-order valence-electron chi connectivity index (χ2n) is 4.98. The van der Waals surface area contributed by atoms with Crippen molar-refractivity contribution in [3.05, 3.63) is 18.0 Å². The minimum atomic E-state index is -4.72. The Labute approximate surface area is 120 Å². The Hall–Kier alpha value is -2.46. The van der Waals surface area contributed by atoms with Crippen LogP contribution in [0, 0.1) is 0 Å². The molecule has 2 N–H and O–H groups in total. The molecule has 22 heavy (non-hydrogen) atoms. The molecule has 0 radical (unpaired) electrons. The molecule has 11 heteroatoms. The SMILES string of the molecule is NC(=O)C1(F)CCN(c2ccc3nnc(C(F)(F)F)n3n2)C1. The van der Waals surface area contributed by atoms with Crippen LogP contribution in [0.25, 0.3) is 5.65 Å². The van der Waals surface area contributed by atoms with E-state index in [2.05, 4.69) is 15.3 Å². The summed E-state index contributed by atoms with van der Waals surface area (Å²) in [6.45, 7) is -0.244. The van der Waals surface area contributed by atoms with Gasteiger partial charge < -0.3 is 10.6 Å². The third-order valence-electron chi connectivity index (χ3n) is 3.49. The minimum absolute atomic E-state index is 0.0820. The van der Waals surface area contributed by atoms with Crippen molar-refractivity contribution in [2.24, 2.45) is 5.73 Å². The number of primary amides is 1. The van der Waals surface area contributed by atoms with Gasteiger partial charge in [-0.15, -0.1) is 15.3 Å². The summed E-state index contributed by atoms with van der Waals surface area (Å²) in [5, 5.41) is 10.2. The molecule has 0 aromatic carbocycles. The summed E-state index contributed by atoms with van der Waals surface area (Å²) in [6, 6.07) is 2.67. The van der Waals surface area contributed by atoms with E-state index in [0.29, 0.717) is 4.52 Å². The molecule has 118 valence electrons. The monoisotopic (exact) mass is 318 g/mol. The molecular formula is C11H10F4N6O. The van der Waals surface area contributed by atoms with Gasteiger partial charge in [0.25, 0.3) is 11.7 Å². The minimum Gasteiger partial charge on any atom is -0.367 e. The van der Waals surface area contributed by atoms with E-state index in [0.717, 1.165) is 0 Å². The first-order valence-electron chi connectivity index (χ1n) is 6.24. The average Bonchev–Trinajstić information content (AvgIpc) is 3.01. The average molecular weight is 318 g/mol. The fraction of sp³-hybridized carbons (Fsp3) is 0.455. The Morgan fingerprint density at radius 1 is 1.32 bits per heavy atom. The second-order valence-corrected chi connectivity index (χ2v) is 4.98.